The van der Waals surface area contributed by atoms with E-state index in [1.807, 2.05) is 26.0 Å². The largest absolute Gasteiger partial charge is 0.296 e. The summed E-state index contributed by atoms with van der Waals surface area (Å²) in [6, 6.07) is 7.66. The Kier molecular flexibility index (Phi) is 4.87. The standard InChI is InChI=1S/C17H22N2O2S2/c1-14-3-4-17(15(2)11-14)23(20,21)19-8-6-18(7-9-19)12-16-5-10-22-13-16/h3-5,10-11,13H,6-9,12H2,1-2H3. The van der Waals surface area contributed by atoms with Crippen LogP contribution in [0.15, 0.2) is 39.9 Å². The van der Waals surface area contributed by atoms with Crippen LogP contribution in [0.25, 0.3) is 0 Å². The van der Waals surface area contributed by atoms with Crippen molar-refractivity contribution in [1.82, 2.24) is 9.21 Å². The molecule has 0 unspecified atom stereocenters. The number of thiophene rings is 1. The highest BCUT2D eigenvalue weighted by Gasteiger charge is 2.29. The lowest BCUT2D eigenvalue weighted by atomic mass is 10.2. The zero-order valence-electron chi connectivity index (χ0n) is 13.5. The quantitative estimate of drug-likeness (QED) is 0.851. The Bertz CT molecular complexity index is 762. The molecule has 1 aliphatic rings. The Morgan fingerprint density at radius 1 is 1.09 bits per heavy atom. The number of nitrogens with zero attached hydrogens (tertiary/aromatic N) is 2. The van der Waals surface area contributed by atoms with Gasteiger partial charge in [-0.3, -0.25) is 4.90 Å². The van der Waals surface area contributed by atoms with Crippen LogP contribution in [-0.2, 0) is 16.6 Å². The molecule has 0 atom stereocenters. The second-order valence-corrected chi connectivity index (χ2v) is 8.77. The van der Waals surface area contributed by atoms with E-state index < -0.39 is 10.0 Å². The molecule has 6 heteroatoms. The van der Waals surface area contributed by atoms with Crippen molar-refractivity contribution in [2.75, 3.05) is 26.2 Å². The fourth-order valence-corrected chi connectivity index (χ4v) is 5.28. The van der Waals surface area contributed by atoms with Crippen LogP contribution in [0.5, 0.6) is 0 Å². The molecule has 3 rings (SSSR count). The van der Waals surface area contributed by atoms with Crippen molar-refractivity contribution in [3.63, 3.8) is 0 Å². The van der Waals surface area contributed by atoms with E-state index in [-0.39, 0.29) is 0 Å². The molecule has 1 aliphatic heterocycles. The maximum atomic E-state index is 12.9. The van der Waals surface area contributed by atoms with Crippen LogP contribution >= 0.6 is 11.3 Å². The minimum atomic E-state index is -3.39. The number of hydrogen-bond acceptors (Lipinski definition) is 4. The van der Waals surface area contributed by atoms with Crippen LogP contribution in [0.4, 0.5) is 0 Å². The fourth-order valence-electron chi connectivity index (χ4n) is 3.00. The van der Waals surface area contributed by atoms with E-state index in [1.165, 1.54) is 5.56 Å². The van der Waals surface area contributed by atoms with Crippen molar-refractivity contribution < 1.29 is 8.42 Å². The molecule has 0 aliphatic carbocycles. The average molecular weight is 351 g/mol. The van der Waals surface area contributed by atoms with E-state index >= 15 is 0 Å². The maximum absolute atomic E-state index is 12.9. The number of hydrogen-bond donors (Lipinski definition) is 0. The molecule has 0 spiro atoms. The SMILES string of the molecule is Cc1ccc(S(=O)(=O)N2CCN(Cc3ccsc3)CC2)c(C)c1. The van der Waals surface area contributed by atoms with Gasteiger partial charge in [0, 0.05) is 32.7 Å². The Balaban J connectivity index is 1.68. The number of rotatable bonds is 4. The van der Waals surface area contributed by atoms with Gasteiger partial charge in [-0.2, -0.15) is 15.6 Å². The summed E-state index contributed by atoms with van der Waals surface area (Å²) in [6.07, 6.45) is 0. The first-order valence-corrected chi connectivity index (χ1v) is 10.2. The third-order valence-corrected chi connectivity index (χ3v) is 7.06. The smallest absolute Gasteiger partial charge is 0.243 e. The fraction of sp³-hybridized carbons (Fsp3) is 0.412. The zero-order valence-corrected chi connectivity index (χ0v) is 15.2. The van der Waals surface area contributed by atoms with Gasteiger partial charge in [-0.25, -0.2) is 8.42 Å². The van der Waals surface area contributed by atoms with Crippen molar-refractivity contribution >= 4 is 21.4 Å². The van der Waals surface area contributed by atoms with Gasteiger partial charge in [0.2, 0.25) is 10.0 Å². The molecule has 2 aromatic rings. The number of aryl methyl sites for hydroxylation is 2. The molecule has 0 amide bonds. The summed E-state index contributed by atoms with van der Waals surface area (Å²) >= 11 is 1.70. The Labute approximate surface area is 142 Å². The zero-order chi connectivity index (χ0) is 16.4. The van der Waals surface area contributed by atoms with Gasteiger partial charge in [0.25, 0.3) is 0 Å². The van der Waals surface area contributed by atoms with Crippen LogP contribution < -0.4 is 0 Å². The van der Waals surface area contributed by atoms with E-state index in [9.17, 15) is 8.42 Å². The van der Waals surface area contributed by atoms with Crippen LogP contribution in [0.3, 0.4) is 0 Å². The van der Waals surface area contributed by atoms with Crippen molar-refractivity contribution in [2.45, 2.75) is 25.3 Å². The van der Waals surface area contributed by atoms with Gasteiger partial charge in [-0.15, -0.1) is 0 Å². The van der Waals surface area contributed by atoms with Gasteiger partial charge >= 0.3 is 0 Å². The molecule has 2 heterocycles. The topological polar surface area (TPSA) is 40.6 Å². The molecule has 1 saturated heterocycles. The van der Waals surface area contributed by atoms with Crippen LogP contribution in [0, 0.1) is 13.8 Å². The highest BCUT2D eigenvalue weighted by molar-refractivity contribution is 7.89. The van der Waals surface area contributed by atoms with Crippen LogP contribution in [0.1, 0.15) is 16.7 Å². The first-order chi connectivity index (χ1) is 11.0. The summed E-state index contributed by atoms with van der Waals surface area (Å²) in [4.78, 5) is 2.75. The normalized spacial score (nSPS) is 17.5. The molecule has 0 N–H and O–H groups in total. The predicted molar refractivity (Wildman–Crippen MR) is 94.3 cm³/mol. The molecular formula is C17H22N2O2S2. The minimum Gasteiger partial charge on any atom is -0.296 e. The number of sulfonamides is 1. The van der Waals surface area contributed by atoms with Gasteiger partial charge in [0.05, 0.1) is 4.90 Å². The molecule has 0 saturated carbocycles. The average Bonchev–Trinajstić information content (AvgIpc) is 3.00. The minimum absolute atomic E-state index is 0.439. The molecule has 1 aromatic carbocycles. The summed E-state index contributed by atoms with van der Waals surface area (Å²) < 4.78 is 27.3. The second-order valence-electron chi connectivity index (χ2n) is 6.08. The van der Waals surface area contributed by atoms with E-state index in [4.69, 9.17) is 0 Å². The van der Waals surface area contributed by atoms with Crippen molar-refractivity contribution in [1.29, 1.82) is 0 Å². The highest BCUT2D eigenvalue weighted by atomic mass is 32.2. The van der Waals surface area contributed by atoms with E-state index in [2.05, 4.69) is 21.7 Å². The molecule has 23 heavy (non-hydrogen) atoms. The molecule has 0 radical (unpaired) electrons. The van der Waals surface area contributed by atoms with Crippen LogP contribution in [0.2, 0.25) is 0 Å². The molecule has 0 bridgehead atoms. The molecule has 124 valence electrons. The third-order valence-electron chi connectivity index (χ3n) is 4.27. The Morgan fingerprint density at radius 2 is 1.83 bits per heavy atom. The van der Waals surface area contributed by atoms with Gasteiger partial charge in [0.15, 0.2) is 0 Å². The Hall–Kier alpha value is -1.21. The lowest BCUT2D eigenvalue weighted by Crippen LogP contribution is -2.48. The van der Waals surface area contributed by atoms with E-state index in [1.54, 1.807) is 21.7 Å². The number of piperazine rings is 1. The lowest BCUT2D eigenvalue weighted by molar-refractivity contribution is 0.182. The predicted octanol–water partition coefficient (Wildman–Crippen LogP) is 2.87. The summed E-state index contributed by atoms with van der Waals surface area (Å²) in [6.45, 7) is 7.42. The first kappa shape index (κ1) is 16.6. The maximum Gasteiger partial charge on any atom is 0.243 e. The molecule has 1 fully saturated rings. The van der Waals surface area contributed by atoms with Crippen LogP contribution in [-0.4, -0.2) is 43.8 Å². The first-order valence-electron chi connectivity index (χ1n) is 7.77. The van der Waals surface area contributed by atoms with E-state index in [0.717, 1.165) is 30.8 Å². The van der Waals surface area contributed by atoms with Gasteiger partial charge in [-0.05, 0) is 47.9 Å². The second kappa shape index (κ2) is 6.73. The Morgan fingerprint density at radius 3 is 2.43 bits per heavy atom. The van der Waals surface area contributed by atoms with Crippen molar-refractivity contribution in [3.8, 4) is 0 Å². The van der Waals surface area contributed by atoms with E-state index in [0.29, 0.717) is 18.0 Å². The molecule has 4 nitrogen and oxygen atoms in total. The lowest BCUT2D eigenvalue weighted by Gasteiger charge is -2.34. The van der Waals surface area contributed by atoms with Crippen molar-refractivity contribution in [2.24, 2.45) is 0 Å². The summed E-state index contributed by atoms with van der Waals surface area (Å²) in [5.41, 5.74) is 3.22. The molecule has 1 aromatic heterocycles. The summed E-state index contributed by atoms with van der Waals surface area (Å²) in [7, 11) is -3.39. The van der Waals surface area contributed by atoms with Gasteiger partial charge in [0.1, 0.15) is 0 Å². The molecular weight excluding hydrogens is 328 g/mol. The monoisotopic (exact) mass is 350 g/mol. The highest BCUT2D eigenvalue weighted by Crippen LogP contribution is 2.22. The van der Waals surface area contributed by atoms with Crippen molar-refractivity contribution in [3.05, 3.63) is 51.7 Å². The third kappa shape index (κ3) is 3.66. The summed E-state index contributed by atoms with van der Waals surface area (Å²) in [5.74, 6) is 0. The van der Waals surface area contributed by atoms with Gasteiger partial charge < -0.3 is 0 Å². The summed E-state index contributed by atoms with van der Waals surface area (Å²) in [5, 5.41) is 4.23. The number of benzene rings is 1. The van der Waals surface area contributed by atoms with Gasteiger partial charge in [-0.1, -0.05) is 17.7 Å².